The molecule has 1 aromatic carbocycles. The zero-order valence-corrected chi connectivity index (χ0v) is 21.2. The third kappa shape index (κ3) is 3.29. The van der Waals surface area contributed by atoms with Crippen LogP contribution in [0.15, 0.2) is 81.7 Å². The van der Waals surface area contributed by atoms with E-state index in [0.717, 1.165) is 43.2 Å². The molecule has 4 aliphatic carbocycles. The lowest BCUT2D eigenvalue weighted by molar-refractivity contribution is -0.114. The Balaban J connectivity index is 1.38. The van der Waals surface area contributed by atoms with Gasteiger partial charge in [0.15, 0.2) is 5.78 Å². The first-order valence-corrected chi connectivity index (χ1v) is 13.7. The fraction of sp³-hybridized carbons (Fsp3) is 0.469. The van der Waals surface area contributed by atoms with E-state index in [1.54, 1.807) is 12.5 Å². The van der Waals surface area contributed by atoms with Gasteiger partial charge in [-0.3, -0.25) is 4.79 Å². The van der Waals surface area contributed by atoms with Crippen LogP contribution in [0.4, 0.5) is 8.78 Å². The molecule has 2 saturated carbocycles. The maximum atomic E-state index is 14.3. The summed E-state index contributed by atoms with van der Waals surface area (Å²) in [6, 6.07) is 10.6. The van der Waals surface area contributed by atoms with Crippen LogP contribution in [0.1, 0.15) is 69.8 Å². The average molecular weight is 503 g/mol. The summed E-state index contributed by atoms with van der Waals surface area (Å²) in [5.41, 5.74) is 6.46. The largest absolute Gasteiger partial charge is 0.472 e. The molecule has 0 radical (unpaired) electrons. The van der Waals surface area contributed by atoms with E-state index in [4.69, 9.17) is 9.15 Å². The minimum absolute atomic E-state index is 0.125. The van der Waals surface area contributed by atoms with Crippen molar-refractivity contribution in [2.24, 2.45) is 17.3 Å². The molecule has 0 N–H and O–H groups in total. The second-order valence-corrected chi connectivity index (χ2v) is 11.8. The van der Waals surface area contributed by atoms with Gasteiger partial charge >= 0.3 is 0 Å². The number of carbonyl (C=O) groups is 1. The molecular weight excluding hydrogens is 470 g/mol. The molecule has 7 rings (SSSR count). The number of fused-ring (bicyclic) bond motifs is 5. The molecule has 192 valence electrons. The molecule has 2 heterocycles. The summed E-state index contributed by atoms with van der Waals surface area (Å²) in [5, 5.41) is 0. The summed E-state index contributed by atoms with van der Waals surface area (Å²) in [5.74, 6) is 1.000. The zero-order valence-electron chi connectivity index (χ0n) is 21.2. The standard InChI is InChI=1S/C32H32F2O3/c1-31-17-26(20-4-2-19(3-5-20)22-11-14-36-18-22)29-24-9-7-23(35)16-21(24)6-8-25(29)27(31)10-13-32(31)28(30(33)34)12-15-37-32/h2-5,11,14,16,18,25-27H,6-10,12-13,15,17H2,1H3. The molecule has 1 aromatic heterocycles. The zero-order chi connectivity index (χ0) is 25.4. The third-order valence-corrected chi connectivity index (χ3v) is 10.4. The van der Waals surface area contributed by atoms with Crippen molar-refractivity contribution in [1.82, 2.24) is 0 Å². The Labute approximate surface area is 216 Å². The maximum absolute atomic E-state index is 14.3. The van der Waals surface area contributed by atoms with Crippen LogP contribution >= 0.6 is 0 Å². The topological polar surface area (TPSA) is 39.4 Å². The lowest BCUT2D eigenvalue weighted by Gasteiger charge is -2.55. The van der Waals surface area contributed by atoms with Crippen LogP contribution in [0.25, 0.3) is 11.1 Å². The fourth-order valence-electron chi connectivity index (χ4n) is 8.88. The van der Waals surface area contributed by atoms with Gasteiger partial charge in [-0.1, -0.05) is 36.8 Å². The first-order chi connectivity index (χ1) is 17.9. The van der Waals surface area contributed by atoms with Gasteiger partial charge in [-0.05, 0) is 84.8 Å². The van der Waals surface area contributed by atoms with Crippen LogP contribution in [0.2, 0.25) is 0 Å². The monoisotopic (exact) mass is 502 g/mol. The first-order valence-electron chi connectivity index (χ1n) is 13.7. The van der Waals surface area contributed by atoms with Crippen molar-refractivity contribution >= 4 is 5.78 Å². The van der Waals surface area contributed by atoms with Crippen LogP contribution in [-0.4, -0.2) is 18.0 Å². The average Bonchev–Trinajstić information content (AvgIpc) is 3.64. The molecule has 5 aliphatic rings. The number of ether oxygens (including phenoxy) is 1. The molecule has 3 fully saturated rings. The Hall–Kier alpha value is -2.79. The van der Waals surface area contributed by atoms with Crippen molar-refractivity contribution in [2.45, 2.75) is 69.8 Å². The van der Waals surface area contributed by atoms with E-state index in [0.29, 0.717) is 37.7 Å². The van der Waals surface area contributed by atoms with Gasteiger partial charge in [-0.2, -0.15) is 8.78 Å². The molecule has 37 heavy (non-hydrogen) atoms. The second kappa shape index (κ2) is 8.36. The summed E-state index contributed by atoms with van der Waals surface area (Å²) in [4.78, 5) is 12.3. The van der Waals surface area contributed by atoms with E-state index in [2.05, 4.69) is 31.2 Å². The van der Waals surface area contributed by atoms with Crippen molar-refractivity contribution in [3.8, 4) is 11.1 Å². The van der Waals surface area contributed by atoms with Crippen molar-refractivity contribution in [1.29, 1.82) is 0 Å². The number of benzene rings is 1. The van der Waals surface area contributed by atoms with Gasteiger partial charge in [0.25, 0.3) is 6.08 Å². The van der Waals surface area contributed by atoms with E-state index in [-0.39, 0.29) is 22.7 Å². The van der Waals surface area contributed by atoms with Gasteiger partial charge in [0.05, 0.1) is 19.1 Å². The summed E-state index contributed by atoms with van der Waals surface area (Å²) in [6.45, 7) is 2.62. The van der Waals surface area contributed by atoms with Crippen molar-refractivity contribution < 1.29 is 22.7 Å². The molecule has 5 atom stereocenters. The number of hydrogen-bond acceptors (Lipinski definition) is 3. The van der Waals surface area contributed by atoms with Crippen LogP contribution in [-0.2, 0) is 9.53 Å². The summed E-state index contributed by atoms with van der Waals surface area (Å²) in [6.07, 6.45) is 9.73. The number of furan rings is 1. The Morgan fingerprint density at radius 2 is 1.84 bits per heavy atom. The molecule has 0 bridgehead atoms. The van der Waals surface area contributed by atoms with Crippen LogP contribution in [0.3, 0.4) is 0 Å². The molecular formula is C32H32F2O3. The number of hydrogen-bond donors (Lipinski definition) is 0. The Morgan fingerprint density at radius 3 is 2.59 bits per heavy atom. The normalized spacial score (nSPS) is 34.9. The van der Waals surface area contributed by atoms with Crippen molar-refractivity contribution in [3.05, 3.63) is 82.9 Å². The molecule has 1 spiro atoms. The van der Waals surface area contributed by atoms with E-state index < -0.39 is 11.7 Å². The van der Waals surface area contributed by atoms with E-state index in [1.807, 2.05) is 12.1 Å². The lowest BCUT2D eigenvalue weighted by Crippen LogP contribution is -2.52. The lowest BCUT2D eigenvalue weighted by atomic mass is 9.50. The Kier molecular flexibility index (Phi) is 5.27. The highest BCUT2D eigenvalue weighted by molar-refractivity contribution is 5.93. The number of carbonyl (C=O) groups excluding carboxylic acids is 1. The molecule has 5 unspecified atom stereocenters. The molecule has 1 aliphatic heterocycles. The predicted octanol–water partition coefficient (Wildman–Crippen LogP) is 8.16. The predicted molar refractivity (Wildman–Crippen MR) is 137 cm³/mol. The van der Waals surface area contributed by atoms with Crippen LogP contribution in [0, 0.1) is 17.3 Å². The summed E-state index contributed by atoms with van der Waals surface area (Å²) >= 11 is 0. The summed E-state index contributed by atoms with van der Waals surface area (Å²) < 4.78 is 40.3. The number of halogens is 2. The highest BCUT2D eigenvalue weighted by atomic mass is 19.3. The van der Waals surface area contributed by atoms with Crippen LogP contribution < -0.4 is 0 Å². The van der Waals surface area contributed by atoms with Gasteiger partial charge in [0.1, 0.15) is 5.60 Å². The molecule has 1 saturated heterocycles. The second-order valence-electron chi connectivity index (χ2n) is 11.8. The van der Waals surface area contributed by atoms with Crippen LogP contribution in [0.5, 0.6) is 0 Å². The smallest absolute Gasteiger partial charge is 0.272 e. The van der Waals surface area contributed by atoms with Gasteiger partial charge in [0, 0.05) is 35.3 Å². The van der Waals surface area contributed by atoms with E-state index in [1.165, 1.54) is 22.3 Å². The first kappa shape index (κ1) is 23.3. The van der Waals surface area contributed by atoms with Gasteiger partial charge < -0.3 is 9.15 Å². The fourth-order valence-corrected chi connectivity index (χ4v) is 8.88. The third-order valence-electron chi connectivity index (χ3n) is 10.4. The van der Waals surface area contributed by atoms with Crippen molar-refractivity contribution in [2.75, 3.05) is 6.61 Å². The molecule has 0 amide bonds. The molecule has 5 heteroatoms. The Bertz CT molecular complexity index is 1340. The highest BCUT2D eigenvalue weighted by Gasteiger charge is 2.67. The Morgan fingerprint density at radius 1 is 1.00 bits per heavy atom. The quantitative estimate of drug-likeness (QED) is 0.416. The maximum Gasteiger partial charge on any atom is 0.272 e. The van der Waals surface area contributed by atoms with E-state index >= 15 is 0 Å². The number of allylic oxidation sites excluding steroid dienone is 4. The highest BCUT2D eigenvalue weighted by Crippen LogP contribution is 2.70. The number of ketones is 1. The van der Waals surface area contributed by atoms with Gasteiger partial charge in [0.2, 0.25) is 0 Å². The number of rotatable bonds is 2. The minimum Gasteiger partial charge on any atom is -0.472 e. The van der Waals surface area contributed by atoms with E-state index in [9.17, 15) is 13.6 Å². The SMILES string of the molecule is CC12CC(c3ccc(-c4ccoc4)cc3)C3=C4CCC(=O)C=C4CCC3C1CCC21OCCC1=C(F)F. The molecule has 2 aromatic rings. The minimum atomic E-state index is -1.54. The van der Waals surface area contributed by atoms with Gasteiger partial charge in [-0.25, -0.2) is 0 Å². The van der Waals surface area contributed by atoms with Crippen molar-refractivity contribution in [3.63, 3.8) is 0 Å². The van der Waals surface area contributed by atoms with Gasteiger partial charge in [-0.15, -0.1) is 0 Å². The molecule has 3 nitrogen and oxygen atoms in total. The summed E-state index contributed by atoms with van der Waals surface area (Å²) in [7, 11) is 0.